The van der Waals surface area contributed by atoms with Gasteiger partial charge in [0, 0.05) is 23.6 Å². The van der Waals surface area contributed by atoms with E-state index in [1.54, 1.807) is 36.4 Å². The largest absolute Gasteiger partial charge is 0.493 e. The normalized spacial score (nSPS) is 11.6. The summed E-state index contributed by atoms with van der Waals surface area (Å²) in [7, 11) is -0.829. The maximum atomic E-state index is 13.6. The van der Waals surface area contributed by atoms with E-state index in [0.29, 0.717) is 29.1 Å². The van der Waals surface area contributed by atoms with Gasteiger partial charge in [0.05, 0.1) is 24.6 Å². The number of Topliss-reactive ketones (excluding diaryl/α,β-unsaturated/α-hetero) is 1. The lowest BCUT2D eigenvalue weighted by atomic mass is 10.1. The van der Waals surface area contributed by atoms with Crippen molar-refractivity contribution in [3.63, 3.8) is 0 Å². The number of aromatic nitrogens is 1. The topological polar surface area (TPSA) is 74.6 Å². The molecule has 0 aliphatic carbocycles. The second kappa shape index (κ2) is 7.91. The number of aryl methyl sites for hydroxylation is 2. The van der Waals surface area contributed by atoms with E-state index in [1.165, 1.54) is 25.1 Å². The van der Waals surface area contributed by atoms with E-state index < -0.39 is 10.0 Å². The molecule has 0 saturated heterocycles. The molecule has 0 N–H and O–H groups in total. The molecule has 3 aromatic rings. The fourth-order valence-electron chi connectivity index (χ4n) is 3.46. The van der Waals surface area contributed by atoms with Crippen LogP contribution in [0, 0.1) is 13.8 Å². The summed E-state index contributed by atoms with van der Waals surface area (Å²) in [6, 6.07) is 10.2. The first-order valence-corrected chi connectivity index (χ1v) is 10.7. The van der Waals surface area contributed by atoms with E-state index in [4.69, 9.17) is 9.47 Å². The lowest BCUT2D eigenvalue weighted by Crippen LogP contribution is -2.16. The molecule has 0 atom stereocenters. The zero-order valence-corrected chi connectivity index (χ0v) is 18.1. The van der Waals surface area contributed by atoms with Crippen molar-refractivity contribution in [3.05, 3.63) is 53.2 Å². The van der Waals surface area contributed by atoms with Crippen molar-refractivity contribution < 1.29 is 22.7 Å². The number of benzene rings is 2. The number of methoxy groups -OCH3 is 2. The van der Waals surface area contributed by atoms with Crippen LogP contribution in [0.4, 0.5) is 0 Å². The monoisotopic (exact) mass is 415 g/mol. The molecule has 0 bridgehead atoms. The van der Waals surface area contributed by atoms with Crippen molar-refractivity contribution in [3.8, 4) is 11.5 Å². The molecule has 154 valence electrons. The van der Waals surface area contributed by atoms with Gasteiger partial charge in [0.2, 0.25) is 0 Å². The Kier molecular flexibility index (Phi) is 5.71. The molecule has 6 nitrogen and oxygen atoms in total. The number of hydrogen-bond donors (Lipinski definition) is 0. The molecule has 1 aromatic heterocycles. The molecule has 1 heterocycles. The third kappa shape index (κ3) is 3.74. The van der Waals surface area contributed by atoms with E-state index in [2.05, 4.69) is 0 Å². The SMILES string of the molecule is COc1cc2c(C)c(CCC(C)=O)n(S(=O)(=O)c3ccc(C)cc3)c2cc1OC. The molecule has 0 aliphatic heterocycles. The van der Waals surface area contributed by atoms with Gasteiger partial charge in [-0.1, -0.05) is 17.7 Å². The molecule has 7 heteroatoms. The lowest BCUT2D eigenvalue weighted by Gasteiger charge is -2.13. The summed E-state index contributed by atoms with van der Waals surface area (Å²) in [6.45, 7) is 5.27. The van der Waals surface area contributed by atoms with Crippen LogP contribution >= 0.6 is 0 Å². The van der Waals surface area contributed by atoms with Crippen LogP contribution in [0.5, 0.6) is 11.5 Å². The van der Waals surface area contributed by atoms with Crippen LogP contribution in [0.1, 0.15) is 30.2 Å². The Morgan fingerprint density at radius 3 is 2.14 bits per heavy atom. The number of carbonyl (C=O) groups excluding carboxylic acids is 1. The van der Waals surface area contributed by atoms with E-state index in [-0.39, 0.29) is 17.1 Å². The fraction of sp³-hybridized carbons (Fsp3) is 0.318. The zero-order valence-electron chi connectivity index (χ0n) is 17.3. The third-order valence-electron chi connectivity index (χ3n) is 5.08. The molecule has 0 fully saturated rings. The van der Waals surface area contributed by atoms with Gasteiger partial charge in [-0.25, -0.2) is 12.4 Å². The van der Waals surface area contributed by atoms with Crippen molar-refractivity contribution in [1.29, 1.82) is 0 Å². The molecule has 29 heavy (non-hydrogen) atoms. The van der Waals surface area contributed by atoms with E-state index in [1.807, 2.05) is 13.8 Å². The Labute approximate surface area is 171 Å². The van der Waals surface area contributed by atoms with Gasteiger partial charge in [-0.3, -0.25) is 0 Å². The van der Waals surface area contributed by atoms with Crippen molar-refractivity contribution in [1.82, 2.24) is 3.97 Å². The molecule has 0 aliphatic rings. The maximum Gasteiger partial charge on any atom is 0.268 e. The summed E-state index contributed by atoms with van der Waals surface area (Å²) < 4.78 is 39.3. The molecular weight excluding hydrogens is 390 g/mol. The number of carbonyl (C=O) groups is 1. The number of rotatable bonds is 7. The molecule has 2 aromatic carbocycles. The lowest BCUT2D eigenvalue weighted by molar-refractivity contribution is -0.117. The maximum absolute atomic E-state index is 13.6. The summed E-state index contributed by atoms with van der Waals surface area (Å²) in [4.78, 5) is 11.8. The van der Waals surface area contributed by atoms with Gasteiger partial charge in [-0.2, -0.15) is 0 Å². The van der Waals surface area contributed by atoms with Crippen molar-refractivity contribution in [2.75, 3.05) is 14.2 Å². The summed E-state index contributed by atoms with van der Waals surface area (Å²) in [5.41, 5.74) is 2.86. The van der Waals surface area contributed by atoms with Crippen molar-refractivity contribution in [2.24, 2.45) is 0 Å². The molecular formula is C22H25NO5S. The smallest absolute Gasteiger partial charge is 0.268 e. The van der Waals surface area contributed by atoms with Gasteiger partial charge in [0.25, 0.3) is 10.0 Å². The Morgan fingerprint density at radius 2 is 1.59 bits per heavy atom. The average Bonchev–Trinajstić information content (AvgIpc) is 2.97. The van der Waals surface area contributed by atoms with Gasteiger partial charge in [0.1, 0.15) is 5.78 Å². The number of ketones is 1. The summed E-state index contributed by atoms with van der Waals surface area (Å²) in [5.74, 6) is 0.964. The number of hydrogen-bond acceptors (Lipinski definition) is 5. The van der Waals surface area contributed by atoms with Crippen LogP contribution in [0.2, 0.25) is 0 Å². The van der Waals surface area contributed by atoms with Crippen LogP contribution < -0.4 is 9.47 Å². The first-order valence-electron chi connectivity index (χ1n) is 9.28. The van der Waals surface area contributed by atoms with Gasteiger partial charge in [-0.15, -0.1) is 0 Å². The fourth-order valence-corrected chi connectivity index (χ4v) is 5.08. The highest BCUT2D eigenvalue weighted by atomic mass is 32.2. The summed E-state index contributed by atoms with van der Waals surface area (Å²) in [6.07, 6.45) is 0.584. The highest BCUT2D eigenvalue weighted by molar-refractivity contribution is 7.90. The first-order chi connectivity index (χ1) is 13.7. The minimum Gasteiger partial charge on any atom is -0.493 e. The molecule has 0 unspecified atom stereocenters. The van der Waals surface area contributed by atoms with E-state index in [0.717, 1.165) is 16.5 Å². The number of fused-ring (bicyclic) bond motifs is 1. The van der Waals surface area contributed by atoms with E-state index in [9.17, 15) is 13.2 Å². The van der Waals surface area contributed by atoms with Crippen molar-refractivity contribution in [2.45, 2.75) is 38.5 Å². The predicted octanol–water partition coefficient (Wildman–Crippen LogP) is 4.03. The van der Waals surface area contributed by atoms with Crippen molar-refractivity contribution >= 4 is 26.7 Å². The first kappa shape index (κ1) is 20.9. The van der Waals surface area contributed by atoms with Crippen LogP contribution in [0.15, 0.2) is 41.3 Å². The molecule has 0 radical (unpaired) electrons. The highest BCUT2D eigenvalue weighted by Gasteiger charge is 2.27. The molecule has 3 rings (SSSR count). The average molecular weight is 416 g/mol. The summed E-state index contributed by atoms with van der Waals surface area (Å²) >= 11 is 0. The predicted molar refractivity (Wildman–Crippen MR) is 113 cm³/mol. The van der Waals surface area contributed by atoms with Gasteiger partial charge < -0.3 is 14.3 Å². The van der Waals surface area contributed by atoms with E-state index >= 15 is 0 Å². The van der Waals surface area contributed by atoms with Crippen LogP contribution in [0.3, 0.4) is 0 Å². The highest BCUT2D eigenvalue weighted by Crippen LogP contribution is 2.38. The van der Waals surface area contributed by atoms with Crippen LogP contribution in [-0.2, 0) is 21.2 Å². The van der Waals surface area contributed by atoms with Crippen LogP contribution in [-0.4, -0.2) is 32.4 Å². The Balaban J connectivity index is 2.36. The minimum atomic E-state index is -3.88. The standard InChI is InChI=1S/C22H25NO5S/c1-14-6-9-17(10-7-14)29(25,26)23-19(11-8-15(2)24)16(3)18-12-21(27-4)22(28-5)13-20(18)23/h6-7,9-10,12-13H,8,11H2,1-5H3. The quantitative estimate of drug-likeness (QED) is 0.582. The summed E-state index contributed by atoms with van der Waals surface area (Å²) in [5, 5.41) is 0.747. The number of nitrogens with zero attached hydrogens (tertiary/aromatic N) is 1. The minimum absolute atomic E-state index is 0.00380. The molecule has 0 saturated carbocycles. The molecule has 0 amide bonds. The number of ether oxygens (including phenoxy) is 2. The zero-order chi connectivity index (χ0) is 21.3. The Bertz CT molecular complexity index is 1170. The Morgan fingerprint density at radius 1 is 1.00 bits per heavy atom. The van der Waals surface area contributed by atoms with Gasteiger partial charge in [0.15, 0.2) is 11.5 Å². The van der Waals surface area contributed by atoms with Crippen LogP contribution in [0.25, 0.3) is 10.9 Å². The molecule has 0 spiro atoms. The third-order valence-corrected chi connectivity index (χ3v) is 6.84. The second-order valence-electron chi connectivity index (χ2n) is 7.08. The van der Waals surface area contributed by atoms with Gasteiger partial charge in [-0.05, 0) is 51.0 Å². The second-order valence-corrected chi connectivity index (χ2v) is 8.87. The Hall–Kier alpha value is -2.80. The van der Waals surface area contributed by atoms with Gasteiger partial charge >= 0.3 is 0 Å².